The number of carbonyl (C=O) groups excluding carboxylic acids is 3. The summed E-state index contributed by atoms with van der Waals surface area (Å²) in [6.07, 6.45) is -2.30. The van der Waals surface area contributed by atoms with Crippen LogP contribution in [-0.2, 0) is 22.3 Å². The third-order valence-corrected chi connectivity index (χ3v) is 6.23. The summed E-state index contributed by atoms with van der Waals surface area (Å²) in [6.45, 7) is 3.33. The molecule has 2 aromatic rings. The molecule has 1 saturated heterocycles. The Labute approximate surface area is 221 Å². The number of nitrogens with zero attached hydrogens (tertiary/aromatic N) is 3. The second kappa shape index (κ2) is 11.0. The van der Waals surface area contributed by atoms with Crippen molar-refractivity contribution < 1.29 is 32.8 Å². The molecule has 1 fully saturated rings. The molecule has 0 aromatic heterocycles. The molecule has 0 saturated carbocycles. The number of carbonyl (C=O) groups is 3. The zero-order valence-electron chi connectivity index (χ0n) is 20.2. The van der Waals surface area contributed by atoms with E-state index in [1.807, 2.05) is 0 Å². The molecule has 0 unspecified atom stereocenters. The Bertz CT molecular complexity index is 1350. The molecule has 3 amide bonds. The number of halogens is 3. The summed E-state index contributed by atoms with van der Waals surface area (Å²) in [5, 5.41) is 20.0. The number of amides is 3. The van der Waals surface area contributed by atoms with Crippen LogP contribution in [0.25, 0.3) is 0 Å². The van der Waals surface area contributed by atoms with Crippen molar-refractivity contribution in [2.45, 2.75) is 38.5 Å². The lowest BCUT2D eigenvalue weighted by molar-refractivity contribution is -0.137. The normalized spacial score (nSPS) is 15.1. The SMILES string of the molecule is CC1(C)C(=O)N(c2ccc(C#N)c(C(F)(F)F)c2)C(=S)N1Cc1ccc(C(=O)N/C=C/CC(=O)NO)cc1. The molecule has 1 heterocycles. The van der Waals surface area contributed by atoms with Crippen LogP contribution in [0.5, 0.6) is 0 Å². The van der Waals surface area contributed by atoms with Gasteiger partial charge in [-0.2, -0.15) is 18.4 Å². The van der Waals surface area contributed by atoms with E-state index in [0.29, 0.717) is 11.1 Å². The second-order valence-corrected chi connectivity index (χ2v) is 9.08. The number of anilines is 1. The van der Waals surface area contributed by atoms with Gasteiger partial charge in [-0.1, -0.05) is 18.2 Å². The summed E-state index contributed by atoms with van der Waals surface area (Å²) in [6, 6.07) is 10.9. The Kier molecular flexibility index (Phi) is 8.19. The number of benzene rings is 2. The summed E-state index contributed by atoms with van der Waals surface area (Å²) in [4.78, 5) is 39.0. The molecule has 0 radical (unpaired) electrons. The molecular weight excluding hydrogens is 523 g/mol. The number of nitrogens with one attached hydrogen (secondary N) is 2. The molecule has 13 heteroatoms. The fourth-order valence-electron chi connectivity index (χ4n) is 3.71. The lowest BCUT2D eigenvalue weighted by Crippen LogP contribution is -2.43. The van der Waals surface area contributed by atoms with Gasteiger partial charge in [0.2, 0.25) is 5.91 Å². The predicted octanol–water partition coefficient (Wildman–Crippen LogP) is 3.63. The van der Waals surface area contributed by atoms with Crippen LogP contribution in [-0.4, -0.2) is 38.5 Å². The summed E-state index contributed by atoms with van der Waals surface area (Å²) >= 11 is 5.49. The number of alkyl halides is 3. The Morgan fingerprint density at radius 2 is 1.84 bits per heavy atom. The lowest BCUT2D eigenvalue weighted by atomic mass is 10.0. The van der Waals surface area contributed by atoms with Gasteiger partial charge < -0.3 is 10.2 Å². The second-order valence-electron chi connectivity index (χ2n) is 8.72. The van der Waals surface area contributed by atoms with Gasteiger partial charge in [0.25, 0.3) is 11.8 Å². The predicted molar refractivity (Wildman–Crippen MR) is 133 cm³/mol. The molecule has 0 atom stereocenters. The minimum atomic E-state index is -4.79. The van der Waals surface area contributed by atoms with Crippen molar-refractivity contribution in [1.82, 2.24) is 15.7 Å². The summed E-state index contributed by atoms with van der Waals surface area (Å²) < 4.78 is 40.4. The first-order chi connectivity index (χ1) is 17.8. The molecule has 0 spiro atoms. The van der Waals surface area contributed by atoms with E-state index in [2.05, 4.69) is 5.32 Å². The molecule has 38 heavy (non-hydrogen) atoms. The Hall–Kier alpha value is -4.28. The molecule has 2 aromatic carbocycles. The van der Waals surface area contributed by atoms with Crippen LogP contribution in [0.4, 0.5) is 18.9 Å². The van der Waals surface area contributed by atoms with Crippen LogP contribution < -0.4 is 15.7 Å². The smallest absolute Gasteiger partial charge is 0.330 e. The zero-order chi connectivity index (χ0) is 28.3. The maximum absolute atomic E-state index is 13.5. The monoisotopic (exact) mass is 545 g/mol. The first kappa shape index (κ1) is 28.3. The largest absolute Gasteiger partial charge is 0.417 e. The molecule has 9 nitrogen and oxygen atoms in total. The summed E-state index contributed by atoms with van der Waals surface area (Å²) in [5.41, 5.74) is -0.568. The Morgan fingerprint density at radius 1 is 1.18 bits per heavy atom. The van der Waals surface area contributed by atoms with Crippen LogP contribution >= 0.6 is 12.2 Å². The van der Waals surface area contributed by atoms with Crippen molar-refractivity contribution in [1.29, 1.82) is 5.26 Å². The topological polar surface area (TPSA) is 126 Å². The molecular formula is C25H22F3N5O4S. The summed E-state index contributed by atoms with van der Waals surface area (Å²) in [7, 11) is 0. The minimum Gasteiger partial charge on any atom is -0.330 e. The average molecular weight is 546 g/mol. The average Bonchev–Trinajstić information content (AvgIpc) is 3.04. The van der Waals surface area contributed by atoms with Gasteiger partial charge in [0, 0.05) is 24.7 Å². The van der Waals surface area contributed by atoms with E-state index in [-0.39, 0.29) is 23.8 Å². The van der Waals surface area contributed by atoms with Crippen molar-refractivity contribution in [3.8, 4) is 6.07 Å². The number of hydrogen-bond acceptors (Lipinski definition) is 6. The van der Waals surface area contributed by atoms with Crippen LogP contribution in [0.1, 0.15) is 47.3 Å². The first-order valence-electron chi connectivity index (χ1n) is 11.1. The maximum Gasteiger partial charge on any atom is 0.417 e. The fourth-order valence-corrected chi connectivity index (χ4v) is 4.19. The number of nitriles is 1. The quantitative estimate of drug-likeness (QED) is 0.276. The Morgan fingerprint density at radius 3 is 2.42 bits per heavy atom. The fraction of sp³-hybridized carbons (Fsp3) is 0.240. The van der Waals surface area contributed by atoms with Gasteiger partial charge in [0.1, 0.15) is 5.54 Å². The van der Waals surface area contributed by atoms with Gasteiger partial charge in [0.05, 0.1) is 22.9 Å². The van der Waals surface area contributed by atoms with Gasteiger partial charge in [0.15, 0.2) is 5.11 Å². The highest BCUT2D eigenvalue weighted by Gasteiger charge is 2.49. The van der Waals surface area contributed by atoms with Crippen LogP contribution in [0.3, 0.4) is 0 Å². The Balaban J connectivity index is 1.78. The molecule has 0 aliphatic carbocycles. The van der Waals surface area contributed by atoms with Crippen molar-refractivity contribution in [3.05, 3.63) is 77.0 Å². The number of thiocarbonyl (C=S) groups is 1. The first-order valence-corrected chi connectivity index (χ1v) is 11.5. The van der Waals surface area contributed by atoms with Crippen molar-refractivity contribution in [2.24, 2.45) is 0 Å². The third kappa shape index (κ3) is 5.82. The van der Waals surface area contributed by atoms with Gasteiger partial charge in [-0.3, -0.25) is 24.5 Å². The van der Waals surface area contributed by atoms with Crippen molar-refractivity contribution in [2.75, 3.05) is 4.90 Å². The van der Waals surface area contributed by atoms with Gasteiger partial charge in [-0.15, -0.1) is 0 Å². The highest BCUT2D eigenvalue weighted by atomic mass is 32.1. The van der Waals surface area contributed by atoms with Gasteiger partial charge in [-0.25, -0.2) is 5.48 Å². The molecule has 1 aliphatic rings. The van der Waals surface area contributed by atoms with E-state index in [1.54, 1.807) is 43.0 Å². The van der Waals surface area contributed by atoms with E-state index in [4.69, 9.17) is 22.7 Å². The number of hydrogen-bond donors (Lipinski definition) is 3. The van der Waals surface area contributed by atoms with Crippen molar-refractivity contribution in [3.63, 3.8) is 0 Å². The molecule has 3 rings (SSSR count). The highest BCUT2D eigenvalue weighted by Crippen LogP contribution is 2.38. The summed E-state index contributed by atoms with van der Waals surface area (Å²) in [5.74, 6) is -1.62. The number of rotatable bonds is 7. The molecule has 0 bridgehead atoms. The van der Waals surface area contributed by atoms with E-state index < -0.39 is 40.6 Å². The van der Waals surface area contributed by atoms with E-state index in [9.17, 15) is 27.6 Å². The maximum atomic E-state index is 13.5. The third-order valence-electron chi connectivity index (χ3n) is 5.83. The highest BCUT2D eigenvalue weighted by molar-refractivity contribution is 7.80. The minimum absolute atomic E-state index is 0.00305. The molecule has 1 aliphatic heterocycles. The zero-order valence-corrected chi connectivity index (χ0v) is 21.0. The van der Waals surface area contributed by atoms with Crippen LogP contribution in [0.2, 0.25) is 0 Å². The molecule has 198 valence electrons. The number of hydroxylamine groups is 1. The van der Waals surface area contributed by atoms with E-state index >= 15 is 0 Å². The standard InChI is InChI=1S/C25H22F3N5O4S/c1-24(2)22(36)33(18-10-9-17(13-29)19(12-18)25(26,27)28)23(38)32(24)14-15-5-7-16(8-6-15)21(35)30-11-3-4-20(34)31-37/h3,5-12,37H,4,14H2,1-2H3,(H,30,35)(H,31,34)/b11-3+. The van der Waals surface area contributed by atoms with Gasteiger partial charge >= 0.3 is 6.18 Å². The van der Waals surface area contributed by atoms with Crippen LogP contribution in [0, 0.1) is 11.3 Å². The molecule has 3 N–H and O–H groups in total. The van der Waals surface area contributed by atoms with Gasteiger partial charge in [-0.05, 0) is 62.0 Å². The van der Waals surface area contributed by atoms with Crippen molar-refractivity contribution >= 4 is 40.7 Å². The van der Waals surface area contributed by atoms with E-state index in [0.717, 1.165) is 17.0 Å². The van der Waals surface area contributed by atoms with Crippen LogP contribution in [0.15, 0.2) is 54.7 Å². The lowest BCUT2D eigenvalue weighted by Gasteiger charge is -2.29. The van der Waals surface area contributed by atoms with E-state index in [1.165, 1.54) is 29.9 Å².